The van der Waals surface area contributed by atoms with E-state index in [1.54, 1.807) is 24.4 Å². The molecule has 0 spiro atoms. The number of thiophene rings is 1. The molecular weight excluding hydrogens is 773 g/mol. The van der Waals surface area contributed by atoms with Crippen molar-refractivity contribution in [3.63, 3.8) is 0 Å². The second kappa shape index (κ2) is 12.8. The molecule has 0 aliphatic rings. The van der Waals surface area contributed by atoms with Gasteiger partial charge in [-0.05, 0) is 47.9 Å². The van der Waals surface area contributed by atoms with Crippen molar-refractivity contribution in [3.8, 4) is 22.5 Å². The Morgan fingerprint density at radius 2 is 1.49 bits per heavy atom. The monoisotopic (exact) mass is 807 g/mol. The number of benzene rings is 5. The summed E-state index contributed by atoms with van der Waals surface area (Å²) in [6.07, 6.45) is 3.16. The summed E-state index contributed by atoms with van der Waals surface area (Å²) in [5.41, 5.74) is 6.05. The maximum Gasteiger partial charge on any atom is 0.128 e. The minimum atomic E-state index is -2.09. The van der Waals surface area contributed by atoms with Crippen LogP contribution in [0.2, 0.25) is 0 Å². The fourth-order valence-corrected chi connectivity index (χ4v) is 7.19. The molecule has 1 radical (unpaired) electrons. The van der Waals surface area contributed by atoms with Gasteiger partial charge in [0.25, 0.3) is 0 Å². The number of furan rings is 1. The predicted octanol–water partition coefficient (Wildman–Crippen LogP) is 11.9. The van der Waals surface area contributed by atoms with E-state index < -0.39 is 12.7 Å². The van der Waals surface area contributed by atoms with Crippen LogP contribution in [-0.2, 0) is 20.1 Å². The third-order valence-corrected chi connectivity index (χ3v) is 9.50. The zero-order valence-electron chi connectivity index (χ0n) is 29.6. The van der Waals surface area contributed by atoms with E-state index in [1.165, 1.54) is 31.8 Å². The SMILES string of the molecule is [2H]C(C)(C)c1ccnc(-c2[c-]ccc3c2oc2c3ccc3c2ccc2c4ccccc4sc23)c1.[2H]C([2H])([2H])c1ccc(-c2[c-]cccc2)nc1.[Ir]. The number of rotatable bonds is 3. The van der Waals surface area contributed by atoms with Crippen LogP contribution >= 0.6 is 11.3 Å². The van der Waals surface area contributed by atoms with Crippen molar-refractivity contribution in [2.75, 3.05) is 0 Å². The van der Waals surface area contributed by atoms with Crippen LogP contribution in [0, 0.1) is 19.0 Å². The molecule has 0 amide bonds. The Kier molecular flexibility index (Phi) is 7.22. The van der Waals surface area contributed by atoms with Gasteiger partial charge in [0.1, 0.15) is 5.58 Å². The first-order chi connectivity index (χ1) is 24.1. The summed E-state index contributed by atoms with van der Waals surface area (Å²) in [7, 11) is 0. The third kappa shape index (κ3) is 5.65. The standard InChI is InChI=1S/C30H20NOS.C12H10N.Ir/c1-17(2)18-14-15-31-26(16-18)25-8-5-7-20-21-10-13-24-22(28(21)32-29(20)25)11-12-23-19-6-3-4-9-27(19)33-30(23)24;1-10-7-8-12(13-9-10)11-5-3-2-4-6-11;/h3-7,9-17H,1-2H3;2-5,7-9H,1H3;/q2*-1;/i17D;1D3;. The van der Waals surface area contributed by atoms with Crippen LogP contribution in [-0.4, -0.2) is 9.97 Å². The van der Waals surface area contributed by atoms with Gasteiger partial charge in [0.05, 0.1) is 5.58 Å². The Labute approximate surface area is 296 Å². The molecule has 47 heavy (non-hydrogen) atoms. The number of pyridine rings is 2. The van der Waals surface area contributed by atoms with Gasteiger partial charge in [0, 0.05) is 74.3 Å². The summed E-state index contributed by atoms with van der Waals surface area (Å²) in [6, 6.07) is 42.4. The van der Waals surface area contributed by atoms with Crippen LogP contribution in [0.3, 0.4) is 0 Å². The number of hydrogen-bond donors (Lipinski definition) is 0. The quantitative estimate of drug-likeness (QED) is 0.167. The summed E-state index contributed by atoms with van der Waals surface area (Å²) in [5, 5.41) is 7.07. The molecule has 0 bridgehead atoms. The molecule has 0 aliphatic heterocycles. The smallest absolute Gasteiger partial charge is 0.128 e. The Balaban J connectivity index is 0.000000202. The maximum atomic E-state index is 8.42. The molecule has 9 rings (SSSR count). The van der Waals surface area contributed by atoms with Gasteiger partial charge in [0.2, 0.25) is 0 Å². The summed E-state index contributed by atoms with van der Waals surface area (Å²) < 4.78 is 39.3. The molecule has 0 unspecified atom stereocenters. The van der Waals surface area contributed by atoms with E-state index in [-0.39, 0.29) is 25.7 Å². The molecule has 0 N–H and O–H groups in total. The van der Waals surface area contributed by atoms with E-state index in [4.69, 9.17) is 9.90 Å². The molecule has 0 atom stereocenters. The zero-order chi connectivity index (χ0) is 34.6. The van der Waals surface area contributed by atoms with Gasteiger partial charge in [-0.2, -0.15) is 0 Å². The van der Waals surface area contributed by atoms with Crippen LogP contribution in [0.15, 0.2) is 126 Å². The molecule has 4 aromatic heterocycles. The average molecular weight is 807 g/mol. The molecule has 0 fully saturated rings. The first kappa shape index (κ1) is 26.4. The Morgan fingerprint density at radius 3 is 2.26 bits per heavy atom. The first-order valence-electron chi connectivity index (χ1n) is 17.1. The minimum Gasteiger partial charge on any atom is -0.500 e. The Morgan fingerprint density at radius 1 is 0.723 bits per heavy atom. The van der Waals surface area contributed by atoms with Gasteiger partial charge in [-0.1, -0.05) is 85.0 Å². The van der Waals surface area contributed by atoms with Crippen molar-refractivity contribution in [2.24, 2.45) is 0 Å². The van der Waals surface area contributed by atoms with E-state index >= 15 is 0 Å². The van der Waals surface area contributed by atoms with Gasteiger partial charge in [-0.25, -0.2) is 0 Å². The summed E-state index contributed by atoms with van der Waals surface area (Å²) >= 11 is 1.83. The maximum absolute atomic E-state index is 8.42. The largest absolute Gasteiger partial charge is 0.500 e. The summed E-state index contributed by atoms with van der Waals surface area (Å²) in [4.78, 5) is 8.72. The van der Waals surface area contributed by atoms with Crippen molar-refractivity contribution in [1.29, 1.82) is 0 Å². The summed E-state index contributed by atoms with van der Waals surface area (Å²) in [6.45, 7) is 1.68. The molecule has 231 valence electrons. The van der Waals surface area contributed by atoms with E-state index in [2.05, 4.69) is 76.7 Å². The van der Waals surface area contributed by atoms with Gasteiger partial charge in [-0.3, -0.25) is 0 Å². The Hall–Kier alpha value is -4.67. The normalized spacial score (nSPS) is 13.1. The van der Waals surface area contributed by atoms with Crippen molar-refractivity contribution >= 4 is 64.2 Å². The fourth-order valence-electron chi connectivity index (χ4n) is 5.96. The van der Waals surface area contributed by atoms with Crippen molar-refractivity contribution in [3.05, 3.63) is 145 Å². The van der Waals surface area contributed by atoms with E-state index in [0.29, 0.717) is 0 Å². The molecule has 5 heteroatoms. The van der Waals surface area contributed by atoms with E-state index in [9.17, 15) is 0 Å². The topological polar surface area (TPSA) is 38.9 Å². The molecule has 0 saturated carbocycles. The fraction of sp³-hybridized carbons (Fsp3) is 0.0952. The Bertz CT molecular complexity index is 2680. The molecule has 0 saturated heterocycles. The number of aromatic nitrogens is 2. The van der Waals surface area contributed by atoms with Crippen molar-refractivity contribution < 1.29 is 30.0 Å². The van der Waals surface area contributed by atoms with Crippen LogP contribution < -0.4 is 0 Å². The van der Waals surface area contributed by atoms with Gasteiger partial charge >= 0.3 is 0 Å². The molecule has 5 aromatic carbocycles. The van der Waals surface area contributed by atoms with Gasteiger partial charge in [-0.15, -0.1) is 65.4 Å². The molecule has 0 aliphatic carbocycles. The molecule has 9 aromatic rings. The van der Waals surface area contributed by atoms with Crippen LogP contribution in [0.5, 0.6) is 0 Å². The molecular formula is C42H30IrN2OS-2. The predicted molar refractivity (Wildman–Crippen MR) is 194 cm³/mol. The number of aryl methyl sites for hydroxylation is 1. The van der Waals surface area contributed by atoms with Gasteiger partial charge in [0.15, 0.2) is 0 Å². The second-order valence-electron chi connectivity index (χ2n) is 11.4. The average Bonchev–Trinajstić information content (AvgIpc) is 3.71. The van der Waals surface area contributed by atoms with E-state index in [0.717, 1.165) is 55.4 Å². The molecule has 4 heterocycles. The molecule has 3 nitrogen and oxygen atoms in total. The van der Waals surface area contributed by atoms with Crippen molar-refractivity contribution in [1.82, 2.24) is 9.97 Å². The van der Waals surface area contributed by atoms with Crippen LogP contribution in [0.25, 0.3) is 75.4 Å². The van der Waals surface area contributed by atoms with Crippen LogP contribution in [0.1, 0.15) is 36.4 Å². The number of nitrogens with zero attached hydrogens (tertiary/aromatic N) is 2. The van der Waals surface area contributed by atoms with E-state index in [1.807, 2.05) is 61.6 Å². The minimum absolute atomic E-state index is 0. The zero-order valence-corrected chi connectivity index (χ0v) is 28.8. The van der Waals surface area contributed by atoms with Crippen LogP contribution in [0.4, 0.5) is 0 Å². The number of hydrogen-bond acceptors (Lipinski definition) is 4. The van der Waals surface area contributed by atoms with Crippen molar-refractivity contribution in [2.45, 2.75) is 26.6 Å². The third-order valence-electron chi connectivity index (χ3n) is 8.28. The second-order valence-corrected chi connectivity index (χ2v) is 12.5. The summed E-state index contributed by atoms with van der Waals surface area (Å²) in [5.74, 6) is -0.703. The first-order valence-corrected chi connectivity index (χ1v) is 15.9. The van der Waals surface area contributed by atoms with Gasteiger partial charge < -0.3 is 14.4 Å². The number of fused-ring (bicyclic) bond motifs is 9.